The number of hydrazone groups is 1. The van der Waals surface area contributed by atoms with E-state index in [0.29, 0.717) is 17.9 Å². The molecule has 0 radical (unpaired) electrons. The highest BCUT2D eigenvalue weighted by Crippen LogP contribution is 2.38. The lowest BCUT2D eigenvalue weighted by Gasteiger charge is -2.11. The molecule has 7 heteroatoms. The van der Waals surface area contributed by atoms with Crippen LogP contribution in [0.4, 0.5) is 11.4 Å². The Morgan fingerprint density at radius 1 is 1.28 bits per heavy atom. The van der Waals surface area contributed by atoms with Gasteiger partial charge >= 0.3 is 5.69 Å². The molecule has 0 unspecified atom stereocenters. The van der Waals surface area contributed by atoms with Gasteiger partial charge in [0.05, 0.1) is 30.5 Å². The van der Waals surface area contributed by atoms with E-state index in [0.717, 1.165) is 18.5 Å². The molecule has 0 bridgehead atoms. The second-order valence-electron chi connectivity index (χ2n) is 5.27. The molecule has 7 nitrogen and oxygen atoms in total. The van der Waals surface area contributed by atoms with E-state index < -0.39 is 4.92 Å². The van der Waals surface area contributed by atoms with Crippen molar-refractivity contribution < 1.29 is 14.4 Å². The number of nitro groups is 1. The topological polar surface area (TPSA) is 86.0 Å². The second kappa shape index (κ2) is 9.27. The fourth-order valence-electron chi connectivity index (χ4n) is 2.13. The molecule has 0 amide bonds. The van der Waals surface area contributed by atoms with Gasteiger partial charge in [-0.2, -0.15) is 5.10 Å². The van der Waals surface area contributed by atoms with Gasteiger partial charge in [-0.15, -0.1) is 0 Å². The van der Waals surface area contributed by atoms with Crippen LogP contribution < -0.4 is 14.9 Å². The minimum atomic E-state index is -0.480. The van der Waals surface area contributed by atoms with Crippen molar-refractivity contribution in [1.82, 2.24) is 0 Å². The Balaban J connectivity index is 2.23. The van der Waals surface area contributed by atoms with E-state index in [2.05, 4.69) is 10.5 Å². The standard InChI is InChI=1S/C18H21N3O4/c1-3-4-10-25-18-16(21(22)23)11-14(12-17(18)24-2)13-19-20-15-8-6-5-7-9-15/h5-9,11-13,20H,3-4,10H2,1-2H3/b19-13+. The van der Waals surface area contributed by atoms with Crippen LogP contribution in [0.5, 0.6) is 11.5 Å². The minimum absolute atomic E-state index is 0.142. The van der Waals surface area contributed by atoms with Gasteiger partial charge in [0.15, 0.2) is 5.75 Å². The van der Waals surface area contributed by atoms with E-state index in [4.69, 9.17) is 9.47 Å². The number of methoxy groups -OCH3 is 1. The lowest BCUT2D eigenvalue weighted by Crippen LogP contribution is -2.03. The molecule has 25 heavy (non-hydrogen) atoms. The Bertz CT molecular complexity index is 733. The number of ether oxygens (including phenoxy) is 2. The molecule has 2 aromatic carbocycles. The number of para-hydroxylation sites is 1. The van der Waals surface area contributed by atoms with Crippen LogP contribution in [-0.2, 0) is 0 Å². The van der Waals surface area contributed by atoms with E-state index in [1.165, 1.54) is 19.4 Å². The zero-order valence-electron chi connectivity index (χ0n) is 14.3. The maximum Gasteiger partial charge on any atom is 0.315 e. The van der Waals surface area contributed by atoms with Crippen LogP contribution in [0.2, 0.25) is 0 Å². The number of nitrogens with zero attached hydrogens (tertiary/aromatic N) is 2. The van der Waals surface area contributed by atoms with Crippen LogP contribution in [0.15, 0.2) is 47.6 Å². The van der Waals surface area contributed by atoms with Crippen LogP contribution in [0, 0.1) is 10.1 Å². The number of unbranched alkanes of at least 4 members (excludes halogenated alkanes) is 1. The Kier molecular flexibility index (Phi) is 6.76. The average Bonchev–Trinajstić information content (AvgIpc) is 2.63. The fraction of sp³-hybridized carbons (Fsp3) is 0.278. The number of hydrogen-bond donors (Lipinski definition) is 1. The molecule has 0 aliphatic carbocycles. The molecule has 0 aliphatic heterocycles. The summed E-state index contributed by atoms with van der Waals surface area (Å²) < 4.78 is 10.8. The third kappa shape index (κ3) is 5.20. The molecule has 0 heterocycles. The quantitative estimate of drug-likeness (QED) is 0.319. The highest BCUT2D eigenvalue weighted by Gasteiger charge is 2.21. The highest BCUT2D eigenvalue weighted by molar-refractivity contribution is 5.83. The van der Waals surface area contributed by atoms with E-state index in [-0.39, 0.29) is 11.4 Å². The Morgan fingerprint density at radius 3 is 2.68 bits per heavy atom. The smallest absolute Gasteiger partial charge is 0.315 e. The summed E-state index contributed by atoms with van der Waals surface area (Å²) in [7, 11) is 1.45. The van der Waals surface area contributed by atoms with Gasteiger partial charge < -0.3 is 9.47 Å². The first-order valence-corrected chi connectivity index (χ1v) is 7.99. The van der Waals surface area contributed by atoms with Crippen molar-refractivity contribution in [3.63, 3.8) is 0 Å². The molecule has 2 aromatic rings. The fourth-order valence-corrected chi connectivity index (χ4v) is 2.13. The summed E-state index contributed by atoms with van der Waals surface area (Å²) in [6.45, 7) is 2.42. The van der Waals surface area contributed by atoms with E-state index in [1.807, 2.05) is 37.3 Å². The number of nitrogens with one attached hydrogen (secondary N) is 1. The molecule has 0 spiro atoms. The zero-order valence-corrected chi connectivity index (χ0v) is 14.3. The summed E-state index contributed by atoms with van der Waals surface area (Å²) in [4.78, 5) is 10.9. The maximum absolute atomic E-state index is 11.4. The van der Waals surface area contributed by atoms with E-state index in [1.54, 1.807) is 6.07 Å². The Labute approximate surface area is 146 Å². The molecule has 2 rings (SSSR count). The van der Waals surface area contributed by atoms with Crippen molar-refractivity contribution >= 4 is 17.6 Å². The van der Waals surface area contributed by atoms with Crippen molar-refractivity contribution in [3.05, 3.63) is 58.1 Å². The highest BCUT2D eigenvalue weighted by atomic mass is 16.6. The van der Waals surface area contributed by atoms with Gasteiger partial charge in [-0.1, -0.05) is 31.5 Å². The average molecular weight is 343 g/mol. The van der Waals surface area contributed by atoms with Crippen molar-refractivity contribution in [3.8, 4) is 11.5 Å². The summed E-state index contributed by atoms with van der Waals surface area (Å²) in [6.07, 6.45) is 3.24. The first-order chi connectivity index (χ1) is 12.2. The molecule has 0 saturated carbocycles. The second-order valence-corrected chi connectivity index (χ2v) is 5.27. The van der Waals surface area contributed by atoms with Crippen molar-refractivity contribution in [1.29, 1.82) is 0 Å². The molecule has 0 fully saturated rings. The molecule has 1 N–H and O–H groups in total. The van der Waals surface area contributed by atoms with Crippen LogP contribution in [0.25, 0.3) is 0 Å². The molecule has 0 aromatic heterocycles. The number of rotatable bonds is 9. The Hall–Kier alpha value is -3.09. The molecule has 0 atom stereocenters. The lowest BCUT2D eigenvalue weighted by atomic mass is 10.2. The third-order valence-electron chi connectivity index (χ3n) is 3.40. The van der Waals surface area contributed by atoms with Crippen LogP contribution in [-0.4, -0.2) is 24.9 Å². The van der Waals surface area contributed by atoms with Gasteiger partial charge in [0, 0.05) is 11.6 Å². The summed E-state index contributed by atoms with van der Waals surface area (Å²) in [5.41, 5.74) is 4.08. The molecular formula is C18H21N3O4. The first-order valence-electron chi connectivity index (χ1n) is 7.99. The van der Waals surface area contributed by atoms with Gasteiger partial charge in [0.1, 0.15) is 0 Å². The monoisotopic (exact) mass is 343 g/mol. The largest absolute Gasteiger partial charge is 0.493 e. The predicted molar refractivity (Wildman–Crippen MR) is 97.7 cm³/mol. The summed E-state index contributed by atoms with van der Waals surface area (Å²) >= 11 is 0. The van der Waals surface area contributed by atoms with E-state index in [9.17, 15) is 10.1 Å². The van der Waals surface area contributed by atoms with Gasteiger partial charge in [-0.05, 0) is 24.6 Å². The normalized spacial score (nSPS) is 10.6. The van der Waals surface area contributed by atoms with Crippen LogP contribution in [0.1, 0.15) is 25.3 Å². The van der Waals surface area contributed by atoms with Crippen molar-refractivity contribution in [2.75, 3.05) is 19.1 Å². The molecule has 132 valence electrons. The first kappa shape index (κ1) is 18.3. The van der Waals surface area contributed by atoms with Gasteiger partial charge in [0.2, 0.25) is 5.75 Å². The minimum Gasteiger partial charge on any atom is -0.493 e. The summed E-state index contributed by atoms with van der Waals surface area (Å²) in [5.74, 6) is 0.459. The summed E-state index contributed by atoms with van der Waals surface area (Å²) in [6, 6.07) is 12.5. The number of hydrogen-bond acceptors (Lipinski definition) is 6. The van der Waals surface area contributed by atoms with Crippen molar-refractivity contribution in [2.45, 2.75) is 19.8 Å². The number of nitro benzene ring substituents is 1. The lowest BCUT2D eigenvalue weighted by molar-refractivity contribution is -0.386. The number of anilines is 1. The SMILES string of the molecule is CCCCOc1c(OC)cc(/C=N/Nc2ccccc2)cc1[N+](=O)[O-]. The summed E-state index contributed by atoms with van der Waals surface area (Å²) in [5, 5.41) is 15.5. The van der Waals surface area contributed by atoms with Crippen LogP contribution >= 0.6 is 0 Å². The van der Waals surface area contributed by atoms with Crippen LogP contribution in [0.3, 0.4) is 0 Å². The number of benzene rings is 2. The predicted octanol–water partition coefficient (Wildman–Crippen LogP) is 4.23. The Morgan fingerprint density at radius 2 is 2.04 bits per heavy atom. The molecular weight excluding hydrogens is 322 g/mol. The maximum atomic E-state index is 11.4. The van der Waals surface area contributed by atoms with Gasteiger partial charge in [0.25, 0.3) is 0 Å². The zero-order chi connectivity index (χ0) is 18.1. The molecule has 0 saturated heterocycles. The van der Waals surface area contributed by atoms with Gasteiger partial charge in [-0.25, -0.2) is 0 Å². The van der Waals surface area contributed by atoms with Crippen molar-refractivity contribution in [2.24, 2.45) is 5.10 Å². The molecule has 0 aliphatic rings. The third-order valence-corrected chi connectivity index (χ3v) is 3.40. The van der Waals surface area contributed by atoms with E-state index >= 15 is 0 Å². The van der Waals surface area contributed by atoms with Gasteiger partial charge in [-0.3, -0.25) is 15.5 Å².